The number of anilines is 1. The summed E-state index contributed by atoms with van der Waals surface area (Å²) < 4.78 is 0. The van der Waals surface area contributed by atoms with Gasteiger partial charge in [0.15, 0.2) is 0 Å². The number of thioether (sulfide) groups is 1. The fraction of sp³-hybridized carbons (Fsp3) is 0.263. The van der Waals surface area contributed by atoms with Crippen molar-refractivity contribution in [3.05, 3.63) is 46.1 Å². The van der Waals surface area contributed by atoms with Crippen molar-refractivity contribution in [2.45, 2.75) is 38.0 Å². The number of aromatic nitrogens is 2. The van der Waals surface area contributed by atoms with Crippen LogP contribution in [-0.4, -0.2) is 21.1 Å². The normalized spacial score (nSPS) is 12.0. The molecule has 0 bridgehead atoms. The second kappa shape index (κ2) is 7.44. The van der Waals surface area contributed by atoms with Crippen LogP contribution in [-0.2, 0) is 4.79 Å². The molecule has 2 aromatic heterocycles. The third-order valence-corrected chi connectivity index (χ3v) is 6.26. The van der Waals surface area contributed by atoms with Crippen LogP contribution < -0.4 is 5.32 Å². The third-order valence-electron chi connectivity index (χ3n) is 4.07. The molecule has 3 aromatic rings. The summed E-state index contributed by atoms with van der Waals surface area (Å²) in [6.07, 6.45) is 0. The number of nitrogens with one attached hydrogen (secondary N) is 1. The molecule has 5 nitrogen and oxygen atoms in total. The van der Waals surface area contributed by atoms with Crippen LogP contribution in [0, 0.1) is 32.1 Å². The van der Waals surface area contributed by atoms with E-state index >= 15 is 0 Å². The average molecular weight is 383 g/mol. The summed E-state index contributed by atoms with van der Waals surface area (Å²) in [7, 11) is 0. The molecule has 0 aliphatic heterocycles. The first kappa shape index (κ1) is 18.4. The van der Waals surface area contributed by atoms with Crippen molar-refractivity contribution >= 4 is 44.9 Å². The standard InChI is InChI=1S/C19H18N4OS2/c1-10-11(2)25-18-16(10)19(22-13(4)21-18)26-12(3)17(24)23-15-8-6-5-7-14(15)9-20/h5-8,12H,1-4H3,(H,23,24)/t12-/m0/s1. The Labute approximate surface area is 160 Å². The van der Waals surface area contributed by atoms with Crippen LogP contribution in [0.25, 0.3) is 10.2 Å². The van der Waals surface area contributed by atoms with E-state index < -0.39 is 0 Å². The number of carbonyl (C=O) groups excluding carboxylic acids is 1. The molecule has 0 unspecified atom stereocenters. The molecule has 0 radical (unpaired) electrons. The molecule has 1 N–H and O–H groups in total. The number of para-hydroxylation sites is 1. The van der Waals surface area contributed by atoms with Gasteiger partial charge < -0.3 is 5.32 Å². The molecule has 0 aliphatic rings. The zero-order chi connectivity index (χ0) is 18.8. The Morgan fingerprint density at radius 1 is 1.27 bits per heavy atom. The maximum Gasteiger partial charge on any atom is 0.237 e. The van der Waals surface area contributed by atoms with E-state index in [1.54, 1.807) is 35.6 Å². The van der Waals surface area contributed by atoms with E-state index in [1.807, 2.05) is 13.8 Å². The van der Waals surface area contributed by atoms with Crippen LogP contribution in [0.3, 0.4) is 0 Å². The molecule has 0 fully saturated rings. The van der Waals surface area contributed by atoms with Crippen LogP contribution in [0.1, 0.15) is 28.8 Å². The molecule has 1 aromatic carbocycles. The predicted molar refractivity (Wildman–Crippen MR) is 107 cm³/mol. The molecule has 2 heterocycles. The van der Waals surface area contributed by atoms with E-state index in [1.165, 1.54) is 16.6 Å². The van der Waals surface area contributed by atoms with E-state index in [4.69, 9.17) is 5.26 Å². The monoisotopic (exact) mass is 382 g/mol. The highest BCUT2D eigenvalue weighted by molar-refractivity contribution is 8.00. The molecule has 132 valence electrons. The lowest BCUT2D eigenvalue weighted by Gasteiger charge is -2.13. The summed E-state index contributed by atoms with van der Waals surface area (Å²) in [5, 5.41) is 13.5. The Balaban J connectivity index is 1.86. The largest absolute Gasteiger partial charge is 0.324 e. The van der Waals surface area contributed by atoms with Crippen LogP contribution in [0.2, 0.25) is 0 Å². The Bertz CT molecular complexity index is 1040. The minimum absolute atomic E-state index is 0.160. The molecule has 0 saturated heterocycles. The number of rotatable bonds is 4. The number of amides is 1. The first-order valence-corrected chi connectivity index (χ1v) is 9.81. The summed E-state index contributed by atoms with van der Waals surface area (Å²) in [4.78, 5) is 23.9. The SMILES string of the molecule is Cc1nc(S[C@@H](C)C(=O)Nc2ccccc2C#N)c2c(C)c(C)sc2n1. The molecule has 1 atom stereocenters. The summed E-state index contributed by atoms with van der Waals surface area (Å²) in [5.41, 5.74) is 2.14. The van der Waals surface area contributed by atoms with Crippen molar-refractivity contribution in [3.63, 3.8) is 0 Å². The van der Waals surface area contributed by atoms with Crippen LogP contribution >= 0.6 is 23.1 Å². The van der Waals surface area contributed by atoms with Crippen molar-refractivity contribution in [2.75, 3.05) is 5.32 Å². The van der Waals surface area contributed by atoms with E-state index in [-0.39, 0.29) is 11.2 Å². The van der Waals surface area contributed by atoms with Crippen LogP contribution in [0.4, 0.5) is 5.69 Å². The Morgan fingerprint density at radius 3 is 2.73 bits per heavy atom. The van der Waals surface area contributed by atoms with Crippen molar-refractivity contribution in [1.82, 2.24) is 9.97 Å². The fourth-order valence-electron chi connectivity index (χ4n) is 2.54. The van der Waals surface area contributed by atoms with Gasteiger partial charge in [0.05, 0.1) is 16.5 Å². The molecule has 3 rings (SSSR count). The number of nitriles is 1. The van der Waals surface area contributed by atoms with Gasteiger partial charge in [0.1, 0.15) is 21.7 Å². The van der Waals surface area contributed by atoms with E-state index in [0.717, 1.165) is 20.8 Å². The quantitative estimate of drug-likeness (QED) is 0.527. The highest BCUT2D eigenvalue weighted by atomic mass is 32.2. The van der Waals surface area contributed by atoms with Gasteiger partial charge in [-0.15, -0.1) is 11.3 Å². The lowest BCUT2D eigenvalue weighted by Crippen LogP contribution is -2.23. The van der Waals surface area contributed by atoms with Gasteiger partial charge in [-0.3, -0.25) is 4.79 Å². The highest BCUT2D eigenvalue weighted by Crippen LogP contribution is 2.36. The lowest BCUT2D eigenvalue weighted by atomic mass is 10.2. The number of thiophene rings is 1. The molecule has 0 aliphatic carbocycles. The van der Waals surface area contributed by atoms with Crippen molar-refractivity contribution < 1.29 is 4.79 Å². The van der Waals surface area contributed by atoms with Crippen LogP contribution in [0.5, 0.6) is 0 Å². The molecular weight excluding hydrogens is 364 g/mol. The molecule has 26 heavy (non-hydrogen) atoms. The lowest BCUT2D eigenvalue weighted by molar-refractivity contribution is -0.115. The summed E-state index contributed by atoms with van der Waals surface area (Å²) in [6.45, 7) is 7.83. The van der Waals surface area contributed by atoms with Gasteiger partial charge in [-0.05, 0) is 45.4 Å². The Morgan fingerprint density at radius 2 is 2.00 bits per heavy atom. The van der Waals surface area contributed by atoms with Gasteiger partial charge in [-0.2, -0.15) is 5.26 Å². The minimum Gasteiger partial charge on any atom is -0.324 e. The maximum absolute atomic E-state index is 12.6. The van der Waals surface area contributed by atoms with Gasteiger partial charge in [0, 0.05) is 10.3 Å². The zero-order valence-corrected chi connectivity index (χ0v) is 16.6. The topological polar surface area (TPSA) is 78.7 Å². The van der Waals surface area contributed by atoms with Gasteiger partial charge in [0.2, 0.25) is 5.91 Å². The van der Waals surface area contributed by atoms with Crippen LogP contribution in [0.15, 0.2) is 29.3 Å². The maximum atomic E-state index is 12.6. The molecule has 1 amide bonds. The molecule has 0 spiro atoms. The molecule has 7 heteroatoms. The highest BCUT2D eigenvalue weighted by Gasteiger charge is 2.20. The second-order valence-electron chi connectivity index (χ2n) is 5.95. The average Bonchev–Trinajstić information content (AvgIpc) is 2.89. The number of nitrogens with zero attached hydrogens (tertiary/aromatic N) is 3. The van der Waals surface area contributed by atoms with Gasteiger partial charge in [-0.25, -0.2) is 9.97 Å². The summed E-state index contributed by atoms with van der Waals surface area (Å²) in [6, 6.07) is 9.07. The second-order valence-corrected chi connectivity index (χ2v) is 8.48. The number of fused-ring (bicyclic) bond motifs is 1. The van der Waals surface area contributed by atoms with E-state index in [0.29, 0.717) is 17.1 Å². The predicted octanol–water partition coefficient (Wildman–Crippen LogP) is 4.61. The molecular formula is C19H18N4OS2. The fourth-order valence-corrected chi connectivity index (χ4v) is 4.74. The summed E-state index contributed by atoms with van der Waals surface area (Å²) in [5.74, 6) is 0.537. The first-order valence-electron chi connectivity index (χ1n) is 8.11. The van der Waals surface area contributed by atoms with Gasteiger partial charge in [0.25, 0.3) is 0 Å². The number of hydrogen-bond donors (Lipinski definition) is 1. The third kappa shape index (κ3) is 3.57. The zero-order valence-electron chi connectivity index (χ0n) is 15.0. The van der Waals surface area contributed by atoms with E-state index in [9.17, 15) is 4.79 Å². The van der Waals surface area contributed by atoms with Gasteiger partial charge in [-0.1, -0.05) is 23.9 Å². The first-order chi connectivity index (χ1) is 12.4. The van der Waals surface area contributed by atoms with Crippen molar-refractivity contribution in [1.29, 1.82) is 5.26 Å². The van der Waals surface area contributed by atoms with Gasteiger partial charge >= 0.3 is 0 Å². The molecule has 0 saturated carbocycles. The number of hydrogen-bond acceptors (Lipinski definition) is 6. The summed E-state index contributed by atoms with van der Waals surface area (Å²) >= 11 is 3.07. The van der Waals surface area contributed by atoms with Crippen molar-refractivity contribution in [2.24, 2.45) is 0 Å². The van der Waals surface area contributed by atoms with Crippen molar-refractivity contribution in [3.8, 4) is 6.07 Å². The number of aryl methyl sites for hydroxylation is 3. The number of benzene rings is 1. The minimum atomic E-state index is -0.362. The Kier molecular flexibility index (Phi) is 5.25. The number of carbonyl (C=O) groups is 1. The smallest absolute Gasteiger partial charge is 0.237 e. The Hall–Kier alpha value is -2.43. The van der Waals surface area contributed by atoms with E-state index in [2.05, 4.69) is 35.2 Å².